The zero-order valence-corrected chi connectivity index (χ0v) is 11.2. The third kappa shape index (κ3) is 2.38. The van der Waals surface area contributed by atoms with Crippen LogP contribution in [-0.2, 0) is 6.42 Å². The van der Waals surface area contributed by atoms with Gasteiger partial charge < -0.3 is 5.32 Å². The molecular formula is C12H15BrClN. The summed E-state index contributed by atoms with van der Waals surface area (Å²) in [4.78, 5) is 0. The molecule has 1 fully saturated rings. The predicted molar refractivity (Wildman–Crippen MR) is 68.4 cm³/mol. The summed E-state index contributed by atoms with van der Waals surface area (Å²) < 4.78 is 1.05. The van der Waals surface area contributed by atoms with Crippen molar-refractivity contribution in [2.75, 3.05) is 13.1 Å². The van der Waals surface area contributed by atoms with Crippen LogP contribution in [0, 0.1) is 5.41 Å². The lowest BCUT2D eigenvalue weighted by atomic mass is 9.74. The molecule has 1 nitrogen and oxygen atoms in total. The highest BCUT2D eigenvalue weighted by Gasteiger charge is 2.35. The Labute approximate surface area is 104 Å². The van der Waals surface area contributed by atoms with Gasteiger partial charge in [0.1, 0.15) is 0 Å². The van der Waals surface area contributed by atoms with Crippen LogP contribution in [0.5, 0.6) is 0 Å². The molecule has 0 unspecified atom stereocenters. The fourth-order valence-electron chi connectivity index (χ4n) is 2.05. The van der Waals surface area contributed by atoms with Crippen molar-refractivity contribution in [2.24, 2.45) is 5.41 Å². The Kier molecular flexibility index (Phi) is 3.39. The van der Waals surface area contributed by atoms with Gasteiger partial charge in [-0.2, -0.15) is 0 Å². The SMILES string of the molecule is CCC1(Cc2ccc(Br)cc2Cl)CNC1. The highest BCUT2D eigenvalue weighted by Crippen LogP contribution is 2.34. The summed E-state index contributed by atoms with van der Waals surface area (Å²) in [5.74, 6) is 0. The lowest BCUT2D eigenvalue weighted by Crippen LogP contribution is -2.54. The van der Waals surface area contributed by atoms with E-state index in [0.29, 0.717) is 5.41 Å². The van der Waals surface area contributed by atoms with Crippen LogP contribution >= 0.6 is 27.5 Å². The Bertz CT molecular complexity index is 355. The van der Waals surface area contributed by atoms with Gasteiger partial charge in [0.15, 0.2) is 0 Å². The number of rotatable bonds is 3. The van der Waals surface area contributed by atoms with Crippen molar-refractivity contribution >= 4 is 27.5 Å². The maximum Gasteiger partial charge on any atom is 0.0449 e. The van der Waals surface area contributed by atoms with E-state index < -0.39 is 0 Å². The first-order valence-corrected chi connectivity index (χ1v) is 6.47. The molecule has 1 heterocycles. The van der Waals surface area contributed by atoms with Gasteiger partial charge in [-0.3, -0.25) is 0 Å². The second kappa shape index (κ2) is 4.44. The van der Waals surface area contributed by atoms with Crippen molar-refractivity contribution in [3.8, 4) is 0 Å². The first-order valence-electron chi connectivity index (χ1n) is 5.30. The predicted octanol–water partition coefficient (Wildman–Crippen LogP) is 3.64. The van der Waals surface area contributed by atoms with E-state index in [1.54, 1.807) is 0 Å². The fourth-order valence-corrected chi connectivity index (χ4v) is 2.79. The molecule has 0 aromatic heterocycles. The molecular weight excluding hydrogens is 273 g/mol. The molecule has 0 spiro atoms. The average Bonchev–Trinajstić information content (AvgIpc) is 2.14. The van der Waals surface area contributed by atoms with Gasteiger partial charge in [0, 0.05) is 22.6 Å². The van der Waals surface area contributed by atoms with Gasteiger partial charge in [-0.15, -0.1) is 0 Å². The summed E-state index contributed by atoms with van der Waals surface area (Å²) >= 11 is 9.65. The Balaban J connectivity index is 2.16. The molecule has 1 aliphatic heterocycles. The van der Waals surface area contributed by atoms with Crippen molar-refractivity contribution in [1.82, 2.24) is 5.32 Å². The summed E-state index contributed by atoms with van der Waals surface area (Å²) in [6.45, 7) is 4.50. The van der Waals surface area contributed by atoms with Gasteiger partial charge in [-0.05, 0) is 36.0 Å². The number of halogens is 2. The summed E-state index contributed by atoms with van der Waals surface area (Å²) in [5, 5.41) is 4.23. The minimum absolute atomic E-state index is 0.442. The molecule has 1 aromatic carbocycles. The normalized spacial score (nSPS) is 18.6. The molecule has 15 heavy (non-hydrogen) atoms. The lowest BCUT2D eigenvalue weighted by Gasteiger charge is -2.42. The van der Waals surface area contributed by atoms with E-state index in [-0.39, 0.29) is 0 Å². The third-order valence-electron chi connectivity index (χ3n) is 3.33. The summed E-state index contributed by atoms with van der Waals surface area (Å²) in [6, 6.07) is 6.17. The molecule has 0 atom stereocenters. The Morgan fingerprint density at radius 1 is 1.47 bits per heavy atom. The molecule has 82 valence electrons. The smallest absolute Gasteiger partial charge is 0.0449 e. The molecule has 1 N–H and O–H groups in total. The molecule has 3 heteroatoms. The number of benzene rings is 1. The van der Waals surface area contributed by atoms with Crippen LogP contribution in [0.2, 0.25) is 5.02 Å². The monoisotopic (exact) mass is 287 g/mol. The molecule has 0 radical (unpaired) electrons. The molecule has 1 aliphatic rings. The molecule has 0 bridgehead atoms. The van der Waals surface area contributed by atoms with Crippen LogP contribution < -0.4 is 5.32 Å². The van der Waals surface area contributed by atoms with Gasteiger partial charge in [0.25, 0.3) is 0 Å². The highest BCUT2D eigenvalue weighted by atomic mass is 79.9. The van der Waals surface area contributed by atoms with E-state index in [4.69, 9.17) is 11.6 Å². The minimum Gasteiger partial charge on any atom is -0.316 e. The zero-order chi connectivity index (χ0) is 10.9. The van der Waals surface area contributed by atoms with E-state index in [0.717, 1.165) is 29.0 Å². The maximum absolute atomic E-state index is 6.22. The van der Waals surface area contributed by atoms with Gasteiger partial charge in [-0.25, -0.2) is 0 Å². The van der Waals surface area contributed by atoms with Crippen LogP contribution in [0.3, 0.4) is 0 Å². The van der Waals surface area contributed by atoms with Crippen LogP contribution in [0.15, 0.2) is 22.7 Å². The topological polar surface area (TPSA) is 12.0 Å². The number of hydrogen-bond donors (Lipinski definition) is 1. The quantitative estimate of drug-likeness (QED) is 0.895. The molecule has 1 saturated heterocycles. The second-order valence-corrected chi connectivity index (χ2v) is 5.69. The largest absolute Gasteiger partial charge is 0.316 e. The Hall–Kier alpha value is -0.0500. The van der Waals surface area contributed by atoms with Gasteiger partial charge in [0.05, 0.1) is 0 Å². The zero-order valence-electron chi connectivity index (χ0n) is 8.82. The minimum atomic E-state index is 0.442. The molecule has 0 saturated carbocycles. The van der Waals surface area contributed by atoms with E-state index in [1.807, 2.05) is 6.07 Å². The van der Waals surface area contributed by atoms with Crippen molar-refractivity contribution in [1.29, 1.82) is 0 Å². The average molecular weight is 289 g/mol. The van der Waals surface area contributed by atoms with Gasteiger partial charge in [-0.1, -0.05) is 40.5 Å². The number of hydrogen-bond acceptors (Lipinski definition) is 1. The van der Waals surface area contributed by atoms with E-state index in [1.165, 1.54) is 12.0 Å². The van der Waals surface area contributed by atoms with E-state index >= 15 is 0 Å². The summed E-state index contributed by atoms with van der Waals surface area (Å²) in [7, 11) is 0. The van der Waals surface area contributed by atoms with E-state index in [2.05, 4.69) is 40.3 Å². The fraction of sp³-hybridized carbons (Fsp3) is 0.500. The Morgan fingerprint density at radius 3 is 2.67 bits per heavy atom. The molecule has 0 amide bonds. The van der Waals surface area contributed by atoms with Crippen LogP contribution in [0.25, 0.3) is 0 Å². The van der Waals surface area contributed by atoms with Crippen molar-refractivity contribution in [2.45, 2.75) is 19.8 Å². The van der Waals surface area contributed by atoms with Crippen molar-refractivity contribution in [3.05, 3.63) is 33.3 Å². The molecule has 0 aliphatic carbocycles. The highest BCUT2D eigenvalue weighted by molar-refractivity contribution is 9.10. The first-order chi connectivity index (χ1) is 7.15. The standard InChI is InChI=1S/C12H15BrClN/c1-2-12(7-15-8-12)6-9-3-4-10(13)5-11(9)14/h3-5,15H,2,6-8H2,1H3. The lowest BCUT2D eigenvalue weighted by molar-refractivity contribution is 0.160. The first kappa shape index (κ1) is 11.4. The van der Waals surface area contributed by atoms with Gasteiger partial charge in [0.2, 0.25) is 0 Å². The summed E-state index contributed by atoms with van der Waals surface area (Å²) in [6.07, 6.45) is 2.30. The van der Waals surface area contributed by atoms with Crippen molar-refractivity contribution in [3.63, 3.8) is 0 Å². The van der Waals surface area contributed by atoms with Crippen LogP contribution in [0.4, 0.5) is 0 Å². The van der Waals surface area contributed by atoms with Crippen LogP contribution in [-0.4, -0.2) is 13.1 Å². The van der Waals surface area contributed by atoms with Crippen molar-refractivity contribution < 1.29 is 0 Å². The maximum atomic E-state index is 6.22. The second-order valence-electron chi connectivity index (χ2n) is 4.37. The number of nitrogens with one attached hydrogen (secondary N) is 1. The van der Waals surface area contributed by atoms with E-state index in [9.17, 15) is 0 Å². The van der Waals surface area contributed by atoms with Crippen LogP contribution in [0.1, 0.15) is 18.9 Å². The summed E-state index contributed by atoms with van der Waals surface area (Å²) in [5.41, 5.74) is 1.71. The molecule has 1 aromatic rings. The Morgan fingerprint density at radius 2 is 2.20 bits per heavy atom. The van der Waals surface area contributed by atoms with Gasteiger partial charge >= 0.3 is 0 Å². The molecule has 2 rings (SSSR count). The third-order valence-corrected chi connectivity index (χ3v) is 4.18.